The molecule has 1 amide bonds. The monoisotopic (exact) mass is 414 g/mol. The van der Waals surface area contributed by atoms with E-state index in [0.717, 1.165) is 0 Å². The first-order valence-electron chi connectivity index (χ1n) is 8.92. The summed E-state index contributed by atoms with van der Waals surface area (Å²) in [5.41, 5.74) is 0.296. The van der Waals surface area contributed by atoms with Gasteiger partial charge in [-0.1, -0.05) is 0 Å². The van der Waals surface area contributed by atoms with Crippen LogP contribution in [-0.4, -0.2) is 61.0 Å². The Kier molecular flexibility index (Phi) is 6.22. The fourth-order valence-electron chi connectivity index (χ4n) is 3.22. The SMILES string of the molecule is Cc1[nH]c(C(=O)OCC(=O)N[C@]2(C)CCS(=O)(=O)C2)c(C)c1C(=O)OC(C)C. The number of sulfone groups is 1. The summed E-state index contributed by atoms with van der Waals surface area (Å²) in [7, 11) is -3.17. The number of rotatable bonds is 6. The Balaban J connectivity index is 2.00. The molecule has 0 aromatic carbocycles. The predicted octanol–water partition coefficient (Wildman–Crippen LogP) is 1.05. The average molecular weight is 414 g/mol. The molecule has 10 heteroatoms. The van der Waals surface area contributed by atoms with Gasteiger partial charge in [-0.2, -0.15) is 0 Å². The molecule has 2 heterocycles. The van der Waals surface area contributed by atoms with Crippen LogP contribution in [0.5, 0.6) is 0 Å². The standard InChI is InChI=1S/C18H26N2O7S/c1-10(2)27-16(22)14-11(3)15(19-12(14)4)17(23)26-8-13(21)20-18(5)6-7-28(24,25)9-18/h10,19H,6-9H2,1-5H3,(H,20,21)/t18-/m1/s1. The lowest BCUT2D eigenvalue weighted by Crippen LogP contribution is -2.48. The van der Waals surface area contributed by atoms with Crippen LogP contribution < -0.4 is 5.32 Å². The number of amides is 1. The third-order valence-corrected chi connectivity index (χ3v) is 6.37. The van der Waals surface area contributed by atoms with Crippen molar-refractivity contribution in [3.63, 3.8) is 0 Å². The van der Waals surface area contributed by atoms with Crippen molar-refractivity contribution < 1.29 is 32.3 Å². The first-order chi connectivity index (χ1) is 12.8. The lowest BCUT2D eigenvalue weighted by molar-refractivity contribution is -0.125. The molecule has 28 heavy (non-hydrogen) atoms. The Hall–Kier alpha value is -2.36. The molecule has 2 N–H and O–H groups in total. The van der Waals surface area contributed by atoms with Gasteiger partial charge >= 0.3 is 11.9 Å². The van der Waals surface area contributed by atoms with Crippen LogP contribution in [0.3, 0.4) is 0 Å². The van der Waals surface area contributed by atoms with Crippen LogP contribution in [0.4, 0.5) is 0 Å². The maximum atomic E-state index is 12.3. The van der Waals surface area contributed by atoms with Gasteiger partial charge in [-0.15, -0.1) is 0 Å². The highest BCUT2D eigenvalue weighted by Gasteiger charge is 2.39. The van der Waals surface area contributed by atoms with Gasteiger partial charge in [-0.3, -0.25) is 4.79 Å². The smallest absolute Gasteiger partial charge is 0.355 e. The number of hydrogen-bond donors (Lipinski definition) is 2. The van der Waals surface area contributed by atoms with Crippen LogP contribution in [0.1, 0.15) is 59.3 Å². The summed E-state index contributed by atoms with van der Waals surface area (Å²) in [6.45, 7) is 7.74. The van der Waals surface area contributed by atoms with Gasteiger partial charge in [0.1, 0.15) is 5.69 Å². The second kappa shape index (κ2) is 7.94. The summed E-state index contributed by atoms with van der Waals surface area (Å²) >= 11 is 0. The highest BCUT2D eigenvalue weighted by atomic mass is 32.2. The van der Waals surface area contributed by atoms with E-state index >= 15 is 0 Å². The van der Waals surface area contributed by atoms with Crippen LogP contribution in [0, 0.1) is 13.8 Å². The number of carbonyl (C=O) groups excluding carboxylic acids is 3. The molecule has 0 radical (unpaired) electrons. The Morgan fingerprint density at radius 2 is 1.86 bits per heavy atom. The Labute approximate surface area is 164 Å². The fraction of sp³-hybridized carbons (Fsp3) is 0.611. The quantitative estimate of drug-likeness (QED) is 0.665. The third kappa shape index (κ3) is 5.12. The highest BCUT2D eigenvalue weighted by Crippen LogP contribution is 2.23. The number of aryl methyl sites for hydroxylation is 1. The fourth-order valence-corrected chi connectivity index (χ4v) is 5.31. The molecule has 0 bridgehead atoms. The van der Waals surface area contributed by atoms with Crippen LogP contribution in [0.15, 0.2) is 0 Å². The lowest BCUT2D eigenvalue weighted by Gasteiger charge is -2.23. The molecule has 1 aromatic heterocycles. The number of nitrogens with one attached hydrogen (secondary N) is 2. The normalized spacial score (nSPS) is 20.8. The van der Waals surface area contributed by atoms with Gasteiger partial charge in [0.15, 0.2) is 16.4 Å². The summed E-state index contributed by atoms with van der Waals surface area (Å²) in [5, 5.41) is 2.61. The average Bonchev–Trinajstić information content (AvgIpc) is 2.99. The van der Waals surface area contributed by atoms with Gasteiger partial charge in [0.2, 0.25) is 0 Å². The second-order valence-corrected chi connectivity index (χ2v) is 9.79. The lowest BCUT2D eigenvalue weighted by atomic mass is 10.0. The Morgan fingerprint density at radius 3 is 2.39 bits per heavy atom. The number of ether oxygens (including phenoxy) is 2. The van der Waals surface area contributed by atoms with Crippen molar-refractivity contribution in [3.05, 3.63) is 22.5 Å². The maximum absolute atomic E-state index is 12.3. The molecule has 0 unspecified atom stereocenters. The van der Waals surface area contributed by atoms with Gasteiger partial charge in [0.05, 0.1) is 28.7 Å². The maximum Gasteiger partial charge on any atom is 0.355 e. The van der Waals surface area contributed by atoms with Crippen LogP contribution >= 0.6 is 0 Å². The van der Waals surface area contributed by atoms with Crippen molar-refractivity contribution in [3.8, 4) is 0 Å². The summed E-state index contributed by atoms with van der Waals surface area (Å²) in [4.78, 5) is 39.4. The summed E-state index contributed by atoms with van der Waals surface area (Å²) in [6.07, 6.45) is 0.00622. The minimum absolute atomic E-state index is 0.0137. The molecule has 1 saturated heterocycles. The van der Waals surface area contributed by atoms with Crippen LogP contribution in [0.25, 0.3) is 0 Å². The number of hydrogen-bond acceptors (Lipinski definition) is 7. The van der Waals surface area contributed by atoms with Crippen molar-refractivity contribution in [2.24, 2.45) is 0 Å². The topological polar surface area (TPSA) is 132 Å². The molecule has 1 aliphatic rings. The predicted molar refractivity (Wildman–Crippen MR) is 101 cm³/mol. The molecule has 156 valence electrons. The molecule has 0 spiro atoms. The zero-order chi connectivity index (χ0) is 21.3. The molecular formula is C18H26N2O7S. The van der Waals surface area contributed by atoms with Crippen LogP contribution in [0.2, 0.25) is 0 Å². The van der Waals surface area contributed by atoms with E-state index in [1.54, 1.807) is 34.6 Å². The van der Waals surface area contributed by atoms with Gasteiger partial charge in [0, 0.05) is 5.69 Å². The molecular weight excluding hydrogens is 388 g/mol. The van der Waals surface area contributed by atoms with Gasteiger partial charge in [-0.25, -0.2) is 18.0 Å². The van der Waals surface area contributed by atoms with E-state index in [4.69, 9.17) is 9.47 Å². The minimum atomic E-state index is -3.17. The third-order valence-electron chi connectivity index (χ3n) is 4.47. The molecule has 1 aromatic rings. The van der Waals surface area contributed by atoms with E-state index in [-0.39, 0.29) is 28.9 Å². The van der Waals surface area contributed by atoms with E-state index in [0.29, 0.717) is 17.7 Å². The molecule has 2 rings (SSSR count). The zero-order valence-corrected chi connectivity index (χ0v) is 17.5. The Morgan fingerprint density at radius 1 is 1.21 bits per heavy atom. The molecule has 0 aliphatic carbocycles. The molecule has 1 aliphatic heterocycles. The number of aromatic nitrogens is 1. The largest absolute Gasteiger partial charge is 0.459 e. The zero-order valence-electron chi connectivity index (χ0n) is 16.7. The van der Waals surface area contributed by atoms with Crippen molar-refractivity contribution in [1.82, 2.24) is 10.3 Å². The van der Waals surface area contributed by atoms with E-state index in [1.807, 2.05) is 0 Å². The molecule has 0 saturated carbocycles. The van der Waals surface area contributed by atoms with Gasteiger partial charge in [0.25, 0.3) is 5.91 Å². The molecule has 9 nitrogen and oxygen atoms in total. The van der Waals surface area contributed by atoms with E-state index in [1.165, 1.54) is 0 Å². The highest BCUT2D eigenvalue weighted by molar-refractivity contribution is 7.91. The number of aromatic amines is 1. The van der Waals surface area contributed by atoms with Crippen molar-refractivity contribution in [2.45, 2.75) is 52.7 Å². The number of esters is 2. The summed E-state index contributed by atoms with van der Waals surface area (Å²) in [5.74, 6) is -2.05. The van der Waals surface area contributed by atoms with Crippen molar-refractivity contribution >= 4 is 27.7 Å². The second-order valence-electron chi connectivity index (χ2n) is 7.61. The number of H-pyrrole nitrogens is 1. The summed E-state index contributed by atoms with van der Waals surface area (Å²) in [6, 6.07) is 0. The van der Waals surface area contributed by atoms with Gasteiger partial charge in [-0.05, 0) is 46.6 Å². The molecule has 1 atom stereocenters. The number of carbonyl (C=O) groups is 3. The van der Waals surface area contributed by atoms with Crippen molar-refractivity contribution in [2.75, 3.05) is 18.1 Å². The van der Waals surface area contributed by atoms with E-state index in [2.05, 4.69) is 10.3 Å². The van der Waals surface area contributed by atoms with E-state index < -0.39 is 39.8 Å². The van der Waals surface area contributed by atoms with Gasteiger partial charge < -0.3 is 19.8 Å². The first kappa shape index (κ1) is 21.9. The first-order valence-corrected chi connectivity index (χ1v) is 10.7. The van der Waals surface area contributed by atoms with E-state index in [9.17, 15) is 22.8 Å². The van der Waals surface area contributed by atoms with Crippen molar-refractivity contribution in [1.29, 1.82) is 0 Å². The van der Waals surface area contributed by atoms with Crippen LogP contribution in [-0.2, 0) is 24.1 Å². The molecule has 1 fully saturated rings. The minimum Gasteiger partial charge on any atom is -0.459 e. The summed E-state index contributed by atoms with van der Waals surface area (Å²) < 4.78 is 33.4. The Bertz CT molecular complexity index is 901.